The van der Waals surface area contributed by atoms with Gasteiger partial charge in [-0.05, 0) is 48.1 Å². The van der Waals surface area contributed by atoms with Crippen LogP contribution >= 0.6 is 27.3 Å². The molecule has 2 aromatic carbocycles. The van der Waals surface area contributed by atoms with Gasteiger partial charge in [-0.15, -0.1) is 11.3 Å². The molecule has 2 heterocycles. The monoisotopic (exact) mass is 475 g/mol. The lowest BCUT2D eigenvalue weighted by Gasteiger charge is -2.32. The summed E-state index contributed by atoms with van der Waals surface area (Å²) in [4.78, 5) is 15.2. The number of ether oxygens (including phenoxy) is 2. The van der Waals surface area contributed by atoms with Crippen molar-refractivity contribution in [1.29, 1.82) is 0 Å². The molecule has 0 radical (unpaired) electrons. The Morgan fingerprint density at radius 2 is 1.93 bits per heavy atom. The molecule has 152 valence electrons. The van der Waals surface area contributed by atoms with E-state index in [-0.39, 0.29) is 6.04 Å². The zero-order valence-corrected chi connectivity index (χ0v) is 18.6. The molecule has 7 heteroatoms. The van der Waals surface area contributed by atoms with Crippen molar-refractivity contribution in [3.05, 3.63) is 57.4 Å². The van der Waals surface area contributed by atoms with Crippen LogP contribution in [0.4, 0.5) is 0 Å². The predicted octanol–water partition coefficient (Wildman–Crippen LogP) is 5.32. The van der Waals surface area contributed by atoms with Crippen LogP contribution in [0.2, 0.25) is 0 Å². The second-order valence-corrected chi connectivity index (χ2v) is 9.02. The van der Waals surface area contributed by atoms with Crippen LogP contribution in [0.1, 0.15) is 29.3 Å². The van der Waals surface area contributed by atoms with Crippen molar-refractivity contribution in [1.82, 2.24) is 4.90 Å². The Morgan fingerprint density at radius 3 is 2.62 bits per heavy atom. The number of benzene rings is 2. The fourth-order valence-corrected chi connectivity index (χ4v) is 5.82. The Balaban J connectivity index is 1.90. The van der Waals surface area contributed by atoms with Gasteiger partial charge < -0.3 is 14.6 Å². The van der Waals surface area contributed by atoms with Crippen LogP contribution in [0.3, 0.4) is 0 Å². The fraction of sp³-hybridized carbons (Fsp3) is 0.318. The van der Waals surface area contributed by atoms with Gasteiger partial charge in [0.1, 0.15) is 6.04 Å². The van der Waals surface area contributed by atoms with Crippen molar-refractivity contribution in [3.8, 4) is 11.5 Å². The molecular formula is C22H22BrNO4S. The number of hydrogen-bond donors (Lipinski definition) is 1. The largest absolute Gasteiger partial charge is 0.493 e. The third-order valence-corrected chi connectivity index (χ3v) is 7.28. The topological polar surface area (TPSA) is 59.0 Å². The van der Waals surface area contributed by atoms with Gasteiger partial charge in [-0.3, -0.25) is 9.69 Å². The number of carbonyl (C=O) groups is 1. The van der Waals surface area contributed by atoms with E-state index in [4.69, 9.17) is 9.47 Å². The molecule has 5 nitrogen and oxygen atoms in total. The van der Waals surface area contributed by atoms with Crippen LogP contribution < -0.4 is 9.47 Å². The van der Waals surface area contributed by atoms with E-state index in [1.54, 1.807) is 25.6 Å². The molecule has 29 heavy (non-hydrogen) atoms. The first-order chi connectivity index (χ1) is 14.0. The Kier molecular flexibility index (Phi) is 5.81. The van der Waals surface area contributed by atoms with E-state index >= 15 is 0 Å². The maximum absolute atomic E-state index is 12.0. The molecule has 1 aromatic heterocycles. The van der Waals surface area contributed by atoms with Crippen molar-refractivity contribution in [2.24, 2.45) is 0 Å². The highest BCUT2D eigenvalue weighted by molar-refractivity contribution is 9.10. The van der Waals surface area contributed by atoms with Crippen molar-refractivity contribution < 1.29 is 19.4 Å². The molecule has 0 bridgehead atoms. The van der Waals surface area contributed by atoms with Crippen LogP contribution in [0, 0.1) is 0 Å². The van der Waals surface area contributed by atoms with E-state index in [1.165, 1.54) is 10.1 Å². The first kappa shape index (κ1) is 20.2. The Hall–Kier alpha value is -2.09. The molecule has 0 spiro atoms. The predicted molar refractivity (Wildman–Crippen MR) is 118 cm³/mol. The summed E-state index contributed by atoms with van der Waals surface area (Å²) >= 11 is 5.40. The van der Waals surface area contributed by atoms with E-state index in [0.29, 0.717) is 17.9 Å². The zero-order chi connectivity index (χ0) is 20.5. The number of carboxylic acid groups (broad SMARTS) is 1. The lowest BCUT2D eigenvalue weighted by atomic mass is 10.0. The van der Waals surface area contributed by atoms with Gasteiger partial charge >= 0.3 is 5.97 Å². The Bertz CT molecular complexity index is 1020. The van der Waals surface area contributed by atoms with Crippen LogP contribution in [0.25, 0.3) is 10.1 Å². The minimum Gasteiger partial charge on any atom is -0.493 e. The normalized spacial score (nSPS) is 18.1. The van der Waals surface area contributed by atoms with E-state index < -0.39 is 12.0 Å². The van der Waals surface area contributed by atoms with Crippen LogP contribution in [0.5, 0.6) is 11.5 Å². The number of rotatable bonds is 6. The maximum Gasteiger partial charge on any atom is 0.320 e. The molecule has 3 aromatic rings. The molecule has 1 aliphatic rings. The minimum atomic E-state index is -0.773. The summed E-state index contributed by atoms with van der Waals surface area (Å²) in [6, 6.07) is 13.6. The van der Waals surface area contributed by atoms with Crippen LogP contribution in [-0.4, -0.2) is 42.8 Å². The number of likely N-dealkylation sites (tertiary alicyclic amines) is 1. The third kappa shape index (κ3) is 3.74. The molecule has 0 amide bonds. The summed E-state index contributed by atoms with van der Waals surface area (Å²) in [5.74, 6) is 0.488. The maximum atomic E-state index is 12.0. The van der Waals surface area contributed by atoms with Gasteiger partial charge in [0.2, 0.25) is 0 Å². The second kappa shape index (κ2) is 8.34. The molecule has 2 atom stereocenters. The molecule has 2 unspecified atom stereocenters. The number of fused-ring (bicyclic) bond motifs is 1. The third-order valence-electron chi connectivity index (χ3n) is 5.42. The average Bonchev–Trinajstić information content (AvgIpc) is 3.36. The minimum absolute atomic E-state index is 0.190. The molecule has 1 aliphatic heterocycles. The second-order valence-electron chi connectivity index (χ2n) is 7.05. The number of methoxy groups -OCH3 is 2. The summed E-state index contributed by atoms with van der Waals surface area (Å²) in [5, 5.41) is 11.0. The molecule has 1 N–H and O–H groups in total. The summed E-state index contributed by atoms with van der Waals surface area (Å²) in [6.07, 6.45) is 1.52. The number of aliphatic carboxylic acids is 1. The van der Waals surface area contributed by atoms with Gasteiger partial charge in [0.15, 0.2) is 11.5 Å². The van der Waals surface area contributed by atoms with Gasteiger partial charge in [-0.25, -0.2) is 0 Å². The molecule has 0 aliphatic carbocycles. The highest BCUT2D eigenvalue weighted by Crippen LogP contribution is 2.45. The smallest absolute Gasteiger partial charge is 0.320 e. The van der Waals surface area contributed by atoms with Gasteiger partial charge in [0, 0.05) is 20.6 Å². The van der Waals surface area contributed by atoms with Crippen LogP contribution in [-0.2, 0) is 4.79 Å². The summed E-state index contributed by atoms with van der Waals surface area (Å²) in [5.41, 5.74) is 0.974. The molecule has 4 rings (SSSR count). The molecule has 1 fully saturated rings. The molecule has 0 saturated carbocycles. The highest BCUT2D eigenvalue weighted by atomic mass is 79.9. The van der Waals surface area contributed by atoms with Crippen molar-refractivity contribution in [3.63, 3.8) is 0 Å². The highest BCUT2D eigenvalue weighted by Gasteiger charge is 2.38. The number of carboxylic acids is 1. The lowest BCUT2D eigenvalue weighted by Crippen LogP contribution is -2.39. The average molecular weight is 476 g/mol. The van der Waals surface area contributed by atoms with Gasteiger partial charge in [-0.1, -0.05) is 34.1 Å². The number of hydrogen-bond acceptors (Lipinski definition) is 5. The Morgan fingerprint density at radius 1 is 1.21 bits per heavy atom. The number of thiophene rings is 1. The Labute approximate surface area is 182 Å². The zero-order valence-electron chi connectivity index (χ0n) is 16.2. The van der Waals surface area contributed by atoms with Crippen molar-refractivity contribution >= 4 is 43.3 Å². The fourth-order valence-electron chi connectivity index (χ4n) is 4.08. The van der Waals surface area contributed by atoms with Crippen molar-refractivity contribution in [2.75, 3.05) is 20.8 Å². The van der Waals surface area contributed by atoms with Gasteiger partial charge in [0.05, 0.1) is 20.3 Å². The van der Waals surface area contributed by atoms with Gasteiger partial charge in [-0.2, -0.15) is 0 Å². The summed E-state index contributed by atoms with van der Waals surface area (Å²) in [6.45, 7) is 0.733. The first-order valence-corrected chi connectivity index (χ1v) is 11.0. The van der Waals surface area contributed by atoms with Gasteiger partial charge in [0.25, 0.3) is 0 Å². The number of nitrogens with zero attached hydrogens (tertiary/aromatic N) is 1. The van der Waals surface area contributed by atoms with E-state index in [1.807, 2.05) is 24.3 Å². The SMILES string of the molecule is COc1cc(Br)c(C(c2cc3ccccc3s2)N2CCCC2C(=O)O)cc1OC. The number of halogens is 1. The standard InChI is InChI=1S/C22H22BrNO4S/c1-27-17-11-14(15(23)12-18(17)28-2)21(24-9-5-7-16(24)22(25)26)20-10-13-6-3-4-8-19(13)29-20/h3-4,6,8,10-12,16,21H,5,7,9H2,1-2H3,(H,25,26). The first-order valence-electron chi connectivity index (χ1n) is 9.42. The molecular weight excluding hydrogens is 454 g/mol. The lowest BCUT2D eigenvalue weighted by molar-refractivity contribution is -0.142. The molecule has 1 saturated heterocycles. The van der Waals surface area contributed by atoms with Crippen LogP contribution in [0.15, 0.2) is 46.9 Å². The van der Waals surface area contributed by atoms with Crippen molar-refractivity contribution in [2.45, 2.75) is 24.9 Å². The van der Waals surface area contributed by atoms with E-state index in [9.17, 15) is 9.90 Å². The van der Waals surface area contributed by atoms with E-state index in [2.05, 4.69) is 39.0 Å². The quantitative estimate of drug-likeness (QED) is 0.522. The summed E-state index contributed by atoms with van der Waals surface area (Å²) < 4.78 is 13.0. The van der Waals surface area contributed by atoms with E-state index in [0.717, 1.165) is 27.9 Å². The summed E-state index contributed by atoms with van der Waals surface area (Å²) in [7, 11) is 3.22.